The summed E-state index contributed by atoms with van der Waals surface area (Å²) in [5.41, 5.74) is 0. The van der Waals surface area contributed by atoms with Crippen LogP contribution in [0.15, 0.2) is 38.8 Å². The minimum atomic E-state index is -3.37. The van der Waals surface area contributed by atoms with E-state index in [4.69, 9.17) is 0 Å². The standard InChI is InChI=1S/C18H28N4O2S3.HI/c1-4-19-18(21-14-16-8-7-13-25-16)20-12-11-15-9-10-17(26-15)27(23,24)22(5-2)6-3;/h7-10,13H,4-6,11-12,14H2,1-3H3,(H2,19,20,21);1H. The van der Waals surface area contributed by atoms with Gasteiger partial charge in [-0.05, 0) is 36.9 Å². The van der Waals surface area contributed by atoms with Crippen LogP contribution in [-0.2, 0) is 23.0 Å². The molecule has 0 aromatic carbocycles. The minimum Gasteiger partial charge on any atom is -0.357 e. The fourth-order valence-electron chi connectivity index (χ4n) is 2.53. The Labute approximate surface area is 193 Å². The van der Waals surface area contributed by atoms with Gasteiger partial charge in [-0.3, -0.25) is 0 Å². The van der Waals surface area contributed by atoms with Crippen LogP contribution in [0.1, 0.15) is 30.5 Å². The van der Waals surface area contributed by atoms with Crippen molar-refractivity contribution in [3.8, 4) is 0 Å². The van der Waals surface area contributed by atoms with Crippen LogP contribution >= 0.6 is 46.7 Å². The van der Waals surface area contributed by atoms with E-state index in [1.807, 2.05) is 38.3 Å². The largest absolute Gasteiger partial charge is 0.357 e. The molecule has 0 spiro atoms. The summed E-state index contributed by atoms with van der Waals surface area (Å²) in [5, 5.41) is 8.60. The van der Waals surface area contributed by atoms with E-state index in [9.17, 15) is 8.42 Å². The number of sulfonamides is 1. The zero-order valence-electron chi connectivity index (χ0n) is 16.5. The van der Waals surface area contributed by atoms with Crippen LogP contribution in [0.25, 0.3) is 0 Å². The average molecular weight is 557 g/mol. The SMILES string of the molecule is CCNC(=NCc1cccs1)NCCc1ccc(S(=O)(=O)N(CC)CC)s1.I. The Hall–Kier alpha value is -0.690. The smallest absolute Gasteiger partial charge is 0.252 e. The van der Waals surface area contributed by atoms with Gasteiger partial charge in [0.05, 0.1) is 6.54 Å². The molecular formula is C18H29IN4O2S3. The number of nitrogens with zero attached hydrogens (tertiary/aromatic N) is 2. The van der Waals surface area contributed by atoms with Crippen molar-refractivity contribution in [3.63, 3.8) is 0 Å². The van der Waals surface area contributed by atoms with Gasteiger partial charge in [0.2, 0.25) is 0 Å². The highest BCUT2D eigenvalue weighted by Crippen LogP contribution is 2.25. The molecule has 2 aromatic heterocycles. The molecule has 28 heavy (non-hydrogen) atoms. The van der Waals surface area contributed by atoms with E-state index in [1.165, 1.54) is 20.5 Å². The Morgan fingerprint density at radius 2 is 1.86 bits per heavy atom. The first-order valence-electron chi connectivity index (χ1n) is 9.14. The summed E-state index contributed by atoms with van der Waals surface area (Å²) < 4.78 is 27.0. The highest BCUT2D eigenvalue weighted by Gasteiger charge is 2.23. The van der Waals surface area contributed by atoms with Crippen molar-refractivity contribution in [3.05, 3.63) is 39.4 Å². The van der Waals surface area contributed by atoms with E-state index in [2.05, 4.69) is 21.7 Å². The van der Waals surface area contributed by atoms with Crippen LogP contribution in [0, 0.1) is 0 Å². The molecule has 0 bridgehead atoms. The third-order valence-electron chi connectivity index (χ3n) is 3.92. The van der Waals surface area contributed by atoms with E-state index in [0.29, 0.717) is 30.4 Å². The molecule has 6 nitrogen and oxygen atoms in total. The van der Waals surface area contributed by atoms with Gasteiger partial charge in [-0.15, -0.1) is 46.7 Å². The maximum Gasteiger partial charge on any atom is 0.252 e. The second-order valence-electron chi connectivity index (χ2n) is 5.76. The highest BCUT2D eigenvalue weighted by atomic mass is 127. The molecule has 0 aliphatic heterocycles. The van der Waals surface area contributed by atoms with Crippen LogP contribution in [0.2, 0.25) is 0 Å². The lowest BCUT2D eigenvalue weighted by molar-refractivity contribution is 0.447. The molecule has 2 heterocycles. The van der Waals surface area contributed by atoms with Gasteiger partial charge < -0.3 is 10.6 Å². The Balaban J connectivity index is 0.00000392. The normalized spacial score (nSPS) is 12.1. The van der Waals surface area contributed by atoms with Crippen molar-refractivity contribution in [1.82, 2.24) is 14.9 Å². The molecule has 158 valence electrons. The Morgan fingerprint density at radius 3 is 2.46 bits per heavy atom. The fourth-order valence-corrected chi connectivity index (χ4v) is 6.12. The summed E-state index contributed by atoms with van der Waals surface area (Å²) in [6.45, 7) is 8.86. The predicted molar refractivity (Wildman–Crippen MR) is 131 cm³/mol. The summed E-state index contributed by atoms with van der Waals surface area (Å²) in [7, 11) is -3.37. The maximum absolute atomic E-state index is 12.6. The summed E-state index contributed by atoms with van der Waals surface area (Å²) in [6, 6.07) is 7.71. The lowest BCUT2D eigenvalue weighted by Gasteiger charge is -2.16. The van der Waals surface area contributed by atoms with E-state index in [-0.39, 0.29) is 24.0 Å². The molecule has 0 aliphatic rings. The van der Waals surface area contributed by atoms with Crippen LogP contribution in [0.4, 0.5) is 0 Å². The second-order valence-corrected chi connectivity index (χ2v) is 10.1. The maximum atomic E-state index is 12.6. The Morgan fingerprint density at radius 1 is 1.11 bits per heavy atom. The number of thiophene rings is 2. The Bertz CT molecular complexity index is 816. The van der Waals surface area contributed by atoms with Crippen LogP contribution in [-0.4, -0.2) is 44.9 Å². The first kappa shape index (κ1) is 25.3. The molecule has 0 unspecified atom stereocenters. The molecule has 2 N–H and O–H groups in total. The quantitative estimate of drug-likeness (QED) is 0.266. The van der Waals surface area contributed by atoms with E-state index in [0.717, 1.165) is 23.8 Å². The number of nitrogens with one attached hydrogen (secondary N) is 2. The number of rotatable bonds is 10. The monoisotopic (exact) mass is 556 g/mol. The molecule has 0 radical (unpaired) electrons. The lowest BCUT2D eigenvalue weighted by Crippen LogP contribution is -2.38. The van der Waals surface area contributed by atoms with Gasteiger partial charge >= 0.3 is 0 Å². The van der Waals surface area contributed by atoms with Gasteiger partial charge in [-0.1, -0.05) is 19.9 Å². The number of hydrogen-bond acceptors (Lipinski definition) is 5. The summed E-state index contributed by atoms with van der Waals surface area (Å²) in [5.74, 6) is 0.776. The molecule has 0 aliphatic carbocycles. The van der Waals surface area contributed by atoms with Crippen molar-refractivity contribution in [2.45, 2.75) is 37.9 Å². The summed E-state index contributed by atoms with van der Waals surface area (Å²) >= 11 is 3.04. The van der Waals surface area contributed by atoms with Crippen LogP contribution < -0.4 is 10.6 Å². The molecule has 0 amide bonds. The Kier molecular flexibility index (Phi) is 11.6. The fraction of sp³-hybridized carbons (Fsp3) is 0.500. The minimum absolute atomic E-state index is 0. The van der Waals surface area contributed by atoms with Crippen molar-refractivity contribution in [2.24, 2.45) is 4.99 Å². The number of hydrogen-bond donors (Lipinski definition) is 2. The van der Waals surface area contributed by atoms with E-state index in [1.54, 1.807) is 17.4 Å². The first-order chi connectivity index (χ1) is 13.0. The van der Waals surface area contributed by atoms with Crippen LogP contribution in [0.5, 0.6) is 0 Å². The van der Waals surface area contributed by atoms with Gasteiger partial charge in [0.25, 0.3) is 10.0 Å². The number of guanidine groups is 1. The zero-order valence-corrected chi connectivity index (χ0v) is 21.3. The van der Waals surface area contributed by atoms with Crippen molar-refractivity contribution in [1.29, 1.82) is 0 Å². The molecule has 2 aromatic rings. The van der Waals surface area contributed by atoms with Crippen molar-refractivity contribution >= 4 is 62.6 Å². The second kappa shape index (κ2) is 12.8. The molecule has 2 rings (SSSR count). The van der Waals surface area contributed by atoms with E-state index >= 15 is 0 Å². The molecule has 0 atom stereocenters. The predicted octanol–water partition coefficient (Wildman–Crippen LogP) is 3.76. The molecule has 0 fully saturated rings. The molecule has 0 saturated carbocycles. The van der Waals surface area contributed by atoms with Gasteiger partial charge in [-0.25, -0.2) is 13.4 Å². The van der Waals surface area contributed by atoms with Gasteiger partial charge in [0.1, 0.15) is 4.21 Å². The lowest BCUT2D eigenvalue weighted by atomic mass is 10.3. The van der Waals surface area contributed by atoms with Crippen LogP contribution in [0.3, 0.4) is 0 Å². The third kappa shape index (κ3) is 7.29. The van der Waals surface area contributed by atoms with Crippen molar-refractivity contribution < 1.29 is 8.42 Å². The molecule has 0 saturated heterocycles. The van der Waals surface area contributed by atoms with Gasteiger partial charge in [0.15, 0.2) is 5.96 Å². The number of halogens is 1. The topological polar surface area (TPSA) is 73.8 Å². The van der Waals surface area contributed by atoms with Gasteiger partial charge in [-0.2, -0.15) is 4.31 Å². The first-order valence-corrected chi connectivity index (χ1v) is 12.3. The summed E-state index contributed by atoms with van der Waals surface area (Å²) in [6.07, 6.45) is 0.752. The third-order valence-corrected chi connectivity index (χ3v) is 8.44. The summed E-state index contributed by atoms with van der Waals surface area (Å²) in [4.78, 5) is 6.85. The van der Waals surface area contributed by atoms with E-state index < -0.39 is 10.0 Å². The van der Waals surface area contributed by atoms with Crippen molar-refractivity contribution in [2.75, 3.05) is 26.2 Å². The zero-order chi connectivity index (χ0) is 19.7. The highest BCUT2D eigenvalue weighted by molar-refractivity contribution is 14.0. The number of aliphatic imine (C=N–C) groups is 1. The average Bonchev–Trinajstić information content (AvgIpc) is 3.32. The van der Waals surface area contributed by atoms with Gasteiger partial charge in [0, 0.05) is 35.9 Å². The molecular weight excluding hydrogens is 527 g/mol. The molecule has 10 heteroatoms.